The Labute approximate surface area is 434 Å². The molecule has 12 aromatic carbocycles. The van der Waals surface area contributed by atoms with Crippen molar-refractivity contribution in [2.45, 2.75) is 17.8 Å². The number of anilines is 3. The monoisotopic (exact) mass is 941 g/mol. The van der Waals surface area contributed by atoms with Crippen LogP contribution >= 0.6 is 0 Å². The normalized spacial score (nSPS) is 14.7. The number of fused-ring (bicyclic) bond motifs is 7. The number of hydrogen-bond donors (Lipinski definition) is 0. The molecule has 2 aliphatic rings. The van der Waals surface area contributed by atoms with Crippen LogP contribution in [0.5, 0.6) is 0 Å². The molecule has 0 bridgehead atoms. The summed E-state index contributed by atoms with van der Waals surface area (Å²) in [6, 6.07) is 108. The van der Waals surface area contributed by atoms with Gasteiger partial charge in [0.15, 0.2) is 0 Å². The van der Waals surface area contributed by atoms with E-state index < -0.39 is 5.41 Å². The van der Waals surface area contributed by atoms with Crippen molar-refractivity contribution in [3.8, 4) is 55.6 Å². The van der Waals surface area contributed by atoms with Crippen molar-refractivity contribution >= 4 is 27.8 Å². The van der Waals surface area contributed by atoms with E-state index in [4.69, 9.17) is 0 Å². The van der Waals surface area contributed by atoms with Crippen molar-refractivity contribution in [2.75, 3.05) is 4.90 Å². The fraction of sp³-hybridized carbons (Fsp3) is 0.0411. The summed E-state index contributed by atoms with van der Waals surface area (Å²) in [6.07, 6.45) is 0. The Morgan fingerprint density at radius 3 is 1.42 bits per heavy atom. The van der Waals surface area contributed by atoms with Gasteiger partial charge in [-0.3, -0.25) is 0 Å². The third-order valence-electron chi connectivity index (χ3n) is 16.2. The predicted molar refractivity (Wildman–Crippen MR) is 310 cm³/mol. The molecule has 74 heavy (non-hydrogen) atoms. The average molecular weight is 942 g/mol. The van der Waals surface area contributed by atoms with Crippen molar-refractivity contribution < 1.29 is 0 Å². The van der Waals surface area contributed by atoms with Gasteiger partial charge in [-0.25, -0.2) is 0 Å². The highest BCUT2D eigenvalue weighted by Gasteiger charge is 2.46. The van der Waals surface area contributed by atoms with E-state index in [0.717, 1.165) is 22.6 Å². The Morgan fingerprint density at radius 1 is 0.270 bits per heavy atom. The van der Waals surface area contributed by atoms with Gasteiger partial charge in [0.05, 0.1) is 11.1 Å². The molecule has 12 aromatic rings. The van der Waals surface area contributed by atoms with Crippen molar-refractivity contribution in [2.24, 2.45) is 0 Å². The van der Waals surface area contributed by atoms with Crippen LogP contribution in [-0.4, -0.2) is 0 Å². The average Bonchev–Trinajstić information content (AvgIpc) is 3.99. The first-order valence-electron chi connectivity index (χ1n) is 25.8. The molecule has 0 N–H and O–H groups in total. The zero-order chi connectivity index (χ0) is 49.2. The fourth-order valence-electron chi connectivity index (χ4n) is 12.9. The van der Waals surface area contributed by atoms with E-state index in [1.165, 1.54) is 99.8 Å². The van der Waals surface area contributed by atoms with E-state index >= 15 is 0 Å². The standard InChI is InChI=1S/C73H51N/c1-72(54-26-8-3-9-27-54)66-37-17-14-32-60(66)62-47-45-58(49-68(62)72)74(70-39-19-16-34-64(70)65-36-21-25-52-24-20-35-59(71(52)65)51-22-6-2-7-23-51)57-43-40-50(41-44-57)53-42-46-63-61-33-15-18-38-67(61)73(69(63)48-53,55-28-10-4-11-29-55)56-30-12-5-13-31-56/h2-49H,1H3. The van der Waals surface area contributed by atoms with Gasteiger partial charge in [-0.2, -0.15) is 0 Å². The number of benzene rings is 12. The first kappa shape index (κ1) is 43.5. The van der Waals surface area contributed by atoms with Crippen LogP contribution in [0.4, 0.5) is 17.1 Å². The predicted octanol–water partition coefficient (Wildman–Crippen LogP) is 19.0. The second-order valence-electron chi connectivity index (χ2n) is 20.0. The molecule has 0 saturated heterocycles. The van der Waals surface area contributed by atoms with Gasteiger partial charge in [0, 0.05) is 22.4 Å². The van der Waals surface area contributed by atoms with Gasteiger partial charge in [0.25, 0.3) is 0 Å². The Morgan fingerprint density at radius 2 is 0.743 bits per heavy atom. The molecule has 0 amide bonds. The molecule has 0 heterocycles. The van der Waals surface area contributed by atoms with Crippen LogP contribution in [0.2, 0.25) is 0 Å². The van der Waals surface area contributed by atoms with Gasteiger partial charge in [0.1, 0.15) is 0 Å². The van der Waals surface area contributed by atoms with Gasteiger partial charge < -0.3 is 4.90 Å². The highest BCUT2D eigenvalue weighted by atomic mass is 15.1. The summed E-state index contributed by atoms with van der Waals surface area (Å²) in [6.45, 7) is 2.41. The van der Waals surface area contributed by atoms with Crippen molar-refractivity contribution in [1.29, 1.82) is 0 Å². The van der Waals surface area contributed by atoms with Crippen LogP contribution in [0.3, 0.4) is 0 Å². The van der Waals surface area contributed by atoms with Crippen LogP contribution in [0.25, 0.3) is 66.4 Å². The van der Waals surface area contributed by atoms with Gasteiger partial charge in [-0.15, -0.1) is 0 Å². The topological polar surface area (TPSA) is 3.24 Å². The first-order valence-corrected chi connectivity index (χ1v) is 25.8. The quantitative estimate of drug-likeness (QED) is 0.139. The van der Waals surface area contributed by atoms with Gasteiger partial charge in [-0.05, 0) is 143 Å². The third kappa shape index (κ3) is 6.63. The number of nitrogens with zero attached hydrogens (tertiary/aromatic N) is 1. The van der Waals surface area contributed by atoms with Crippen LogP contribution in [0, 0.1) is 0 Å². The van der Waals surface area contributed by atoms with Crippen LogP contribution < -0.4 is 4.90 Å². The number of hydrogen-bond acceptors (Lipinski definition) is 1. The summed E-state index contributed by atoms with van der Waals surface area (Å²) in [5.74, 6) is 0. The number of rotatable bonds is 9. The fourth-order valence-corrected chi connectivity index (χ4v) is 12.9. The molecular weight excluding hydrogens is 891 g/mol. The molecule has 0 radical (unpaired) electrons. The summed E-state index contributed by atoms with van der Waals surface area (Å²) in [4.78, 5) is 2.49. The lowest BCUT2D eigenvalue weighted by Gasteiger charge is -2.34. The van der Waals surface area contributed by atoms with Crippen LogP contribution in [0.15, 0.2) is 291 Å². The summed E-state index contributed by atoms with van der Waals surface area (Å²) in [5, 5.41) is 2.45. The van der Waals surface area contributed by atoms with E-state index in [-0.39, 0.29) is 5.41 Å². The summed E-state index contributed by atoms with van der Waals surface area (Å²) >= 11 is 0. The lowest BCUT2D eigenvalue weighted by molar-refractivity contribution is 0.714. The minimum Gasteiger partial charge on any atom is -0.310 e. The minimum atomic E-state index is -0.478. The Kier molecular flexibility index (Phi) is 10.3. The molecule has 1 unspecified atom stereocenters. The molecule has 1 atom stereocenters. The smallest absolute Gasteiger partial charge is 0.0713 e. The molecular formula is C73H51N. The molecule has 0 aromatic heterocycles. The van der Waals surface area contributed by atoms with E-state index in [0.29, 0.717) is 0 Å². The van der Waals surface area contributed by atoms with Crippen LogP contribution in [-0.2, 0) is 10.8 Å². The molecule has 2 aliphatic carbocycles. The molecule has 0 fully saturated rings. The lowest BCUT2D eigenvalue weighted by atomic mass is 9.67. The second-order valence-corrected chi connectivity index (χ2v) is 20.0. The zero-order valence-electron chi connectivity index (χ0n) is 41.2. The molecule has 0 saturated carbocycles. The third-order valence-corrected chi connectivity index (χ3v) is 16.2. The van der Waals surface area contributed by atoms with Crippen LogP contribution in [0.1, 0.15) is 45.9 Å². The van der Waals surface area contributed by atoms with Gasteiger partial charge >= 0.3 is 0 Å². The molecule has 1 nitrogen and oxygen atoms in total. The largest absolute Gasteiger partial charge is 0.310 e. The SMILES string of the molecule is CC1(c2ccccc2)c2ccccc2-c2ccc(N(c3ccc(-c4ccc5c(c4)C(c4ccccc4)(c4ccccc4)c4ccccc4-5)cc3)c3ccccc3-c3cccc4cccc(-c5ccccc5)c34)cc21. The first-order chi connectivity index (χ1) is 36.6. The number of para-hydroxylation sites is 1. The van der Waals surface area contributed by atoms with E-state index in [1.807, 2.05) is 0 Å². The zero-order valence-corrected chi connectivity index (χ0v) is 41.2. The second kappa shape index (κ2) is 17.5. The minimum absolute atomic E-state index is 0.361. The molecule has 0 spiro atoms. The highest BCUT2D eigenvalue weighted by molar-refractivity contribution is 6.09. The summed E-state index contributed by atoms with van der Waals surface area (Å²) in [5.41, 5.74) is 23.8. The van der Waals surface area contributed by atoms with Gasteiger partial charge in [-0.1, -0.05) is 255 Å². The molecule has 348 valence electrons. The van der Waals surface area contributed by atoms with E-state index in [2.05, 4.69) is 303 Å². The molecule has 14 rings (SSSR count). The molecule has 0 aliphatic heterocycles. The summed E-state index contributed by atoms with van der Waals surface area (Å²) in [7, 11) is 0. The van der Waals surface area contributed by atoms with Crippen molar-refractivity contribution in [3.63, 3.8) is 0 Å². The maximum absolute atomic E-state index is 2.49. The Hall–Kier alpha value is -9.30. The lowest BCUT2D eigenvalue weighted by Crippen LogP contribution is -2.28. The van der Waals surface area contributed by atoms with E-state index in [1.54, 1.807) is 0 Å². The summed E-state index contributed by atoms with van der Waals surface area (Å²) < 4.78 is 0. The van der Waals surface area contributed by atoms with Gasteiger partial charge in [0.2, 0.25) is 0 Å². The Balaban J connectivity index is 0.962. The maximum Gasteiger partial charge on any atom is 0.0713 e. The molecule has 1 heteroatoms. The van der Waals surface area contributed by atoms with Crippen molar-refractivity contribution in [3.05, 3.63) is 330 Å². The maximum atomic E-state index is 2.49. The van der Waals surface area contributed by atoms with E-state index in [9.17, 15) is 0 Å². The Bertz CT molecular complexity index is 4020. The highest BCUT2D eigenvalue weighted by Crippen LogP contribution is 2.58. The van der Waals surface area contributed by atoms with Crippen molar-refractivity contribution in [1.82, 2.24) is 0 Å².